The van der Waals surface area contributed by atoms with E-state index >= 15 is 0 Å². The van der Waals surface area contributed by atoms with Crippen LogP contribution in [0.4, 0.5) is 15.1 Å². The number of nitrogens with zero attached hydrogens (tertiary/aromatic N) is 2. The van der Waals surface area contributed by atoms with Crippen LogP contribution < -0.4 is 10.6 Å². The van der Waals surface area contributed by atoms with Crippen molar-refractivity contribution in [2.75, 3.05) is 17.7 Å². The Morgan fingerprint density at radius 2 is 1.88 bits per heavy atom. The highest BCUT2D eigenvalue weighted by molar-refractivity contribution is 7.80. The summed E-state index contributed by atoms with van der Waals surface area (Å²) in [6, 6.07) is 16.2. The van der Waals surface area contributed by atoms with Crippen molar-refractivity contribution in [1.82, 2.24) is 9.78 Å². The minimum atomic E-state index is -0.443. The number of nitrogens with one attached hydrogen (secondary N) is 2. The molecule has 0 fully saturated rings. The molecule has 6 nitrogen and oxygen atoms in total. The maximum Gasteiger partial charge on any atom is 0.341 e. The predicted molar refractivity (Wildman–Crippen MR) is 133 cm³/mol. The van der Waals surface area contributed by atoms with E-state index in [1.807, 2.05) is 37.3 Å². The summed E-state index contributed by atoms with van der Waals surface area (Å²) >= 11 is 6.89. The highest BCUT2D eigenvalue weighted by Gasteiger charge is 2.24. The van der Waals surface area contributed by atoms with Gasteiger partial charge in [-0.3, -0.25) is 4.68 Å². The van der Waals surface area contributed by atoms with Gasteiger partial charge in [0.1, 0.15) is 16.4 Å². The van der Waals surface area contributed by atoms with Crippen LogP contribution in [0.15, 0.2) is 67.0 Å². The molecule has 0 unspecified atom stereocenters. The van der Waals surface area contributed by atoms with Crippen LogP contribution in [0.25, 0.3) is 11.1 Å². The standard InChI is InChI=1S/C24H21FN4O2S2/c1-15-20(16-8-4-3-5-9-16)21(23(30)31-2)22(33-15)28-24(32)27-18-12-26-29(14-18)13-17-10-6-7-11-19(17)25/h3-12,14H,13H2,1-2H3,(H2,27,28,32). The van der Waals surface area contributed by atoms with Gasteiger partial charge in [-0.2, -0.15) is 5.10 Å². The highest BCUT2D eigenvalue weighted by Crippen LogP contribution is 2.40. The molecule has 2 N–H and O–H groups in total. The zero-order chi connectivity index (χ0) is 23.4. The van der Waals surface area contributed by atoms with Gasteiger partial charge in [0.05, 0.1) is 25.5 Å². The van der Waals surface area contributed by atoms with Crippen molar-refractivity contribution < 1.29 is 13.9 Å². The molecule has 0 amide bonds. The van der Waals surface area contributed by atoms with E-state index in [1.165, 1.54) is 24.5 Å². The van der Waals surface area contributed by atoms with Crippen LogP contribution in [0.1, 0.15) is 20.8 Å². The number of carbonyl (C=O) groups is 1. The van der Waals surface area contributed by atoms with E-state index in [2.05, 4.69) is 15.7 Å². The number of hydrogen-bond acceptors (Lipinski definition) is 5. The van der Waals surface area contributed by atoms with Gasteiger partial charge in [0.2, 0.25) is 0 Å². The molecule has 0 saturated carbocycles. The zero-order valence-electron chi connectivity index (χ0n) is 18.0. The Hall–Kier alpha value is -3.56. The third-order valence-electron chi connectivity index (χ3n) is 4.94. The maximum absolute atomic E-state index is 13.9. The van der Waals surface area contributed by atoms with Crippen LogP contribution in [-0.2, 0) is 11.3 Å². The molecule has 0 spiro atoms. The molecular weight excluding hydrogens is 459 g/mol. The number of rotatable bonds is 6. The van der Waals surface area contributed by atoms with E-state index in [0.29, 0.717) is 33.5 Å². The van der Waals surface area contributed by atoms with Crippen molar-refractivity contribution in [1.29, 1.82) is 0 Å². The van der Waals surface area contributed by atoms with Crippen molar-refractivity contribution in [3.05, 3.63) is 88.8 Å². The van der Waals surface area contributed by atoms with Gasteiger partial charge < -0.3 is 15.4 Å². The Kier molecular flexibility index (Phi) is 6.81. The quantitative estimate of drug-likeness (QED) is 0.272. The van der Waals surface area contributed by atoms with Crippen LogP contribution in [0.2, 0.25) is 0 Å². The number of benzene rings is 2. The zero-order valence-corrected chi connectivity index (χ0v) is 19.6. The highest BCUT2D eigenvalue weighted by atomic mass is 32.1. The van der Waals surface area contributed by atoms with Crippen LogP contribution >= 0.6 is 23.6 Å². The number of carbonyl (C=O) groups excluding carboxylic acids is 1. The molecule has 168 valence electrons. The number of hydrogen-bond donors (Lipinski definition) is 2. The molecule has 0 aliphatic rings. The molecule has 0 aliphatic carbocycles. The molecule has 4 aromatic rings. The summed E-state index contributed by atoms with van der Waals surface area (Å²) < 4.78 is 20.6. The Morgan fingerprint density at radius 1 is 1.15 bits per heavy atom. The third-order valence-corrected chi connectivity index (χ3v) is 6.17. The van der Waals surface area contributed by atoms with Crippen LogP contribution in [0.3, 0.4) is 0 Å². The van der Waals surface area contributed by atoms with Crippen molar-refractivity contribution in [3.63, 3.8) is 0 Å². The summed E-state index contributed by atoms with van der Waals surface area (Å²) in [5, 5.41) is 11.3. The van der Waals surface area contributed by atoms with Crippen LogP contribution in [-0.4, -0.2) is 28.0 Å². The molecule has 0 aliphatic heterocycles. The number of methoxy groups -OCH3 is 1. The number of thiophene rings is 1. The van der Waals surface area contributed by atoms with E-state index in [1.54, 1.807) is 35.3 Å². The fourth-order valence-corrected chi connectivity index (χ4v) is 4.82. The van der Waals surface area contributed by atoms with Crippen molar-refractivity contribution in [2.45, 2.75) is 13.5 Å². The molecule has 4 rings (SSSR count). The summed E-state index contributed by atoms with van der Waals surface area (Å²) in [5.41, 5.74) is 3.35. The van der Waals surface area contributed by atoms with E-state index < -0.39 is 5.97 Å². The molecule has 33 heavy (non-hydrogen) atoms. The van der Waals surface area contributed by atoms with Gasteiger partial charge in [-0.05, 0) is 30.8 Å². The normalized spacial score (nSPS) is 10.6. The minimum absolute atomic E-state index is 0.280. The number of halogens is 1. The lowest BCUT2D eigenvalue weighted by Crippen LogP contribution is -2.19. The summed E-state index contributed by atoms with van der Waals surface area (Å²) in [5.74, 6) is -0.724. The fraction of sp³-hybridized carbons (Fsp3) is 0.125. The number of aromatic nitrogens is 2. The monoisotopic (exact) mass is 480 g/mol. The second kappa shape index (κ2) is 9.93. The molecule has 2 heterocycles. The average molecular weight is 481 g/mol. The number of thiocarbonyl (C=S) groups is 1. The first-order valence-electron chi connectivity index (χ1n) is 10.1. The van der Waals surface area contributed by atoms with E-state index in [-0.39, 0.29) is 5.82 Å². The average Bonchev–Trinajstić information content (AvgIpc) is 3.38. The predicted octanol–water partition coefficient (Wildman–Crippen LogP) is 5.70. The van der Waals surface area contributed by atoms with E-state index in [4.69, 9.17) is 17.0 Å². The molecule has 0 saturated heterocycles. The molecule has 2 aromatic carbocycles. The van der Waals surface area contributed by atoms with Crippen LogP contribution in [0, 0.1) is 12.7 Å². The number of esters is 1. The Balaban J connectivity index is 1.52. The molecular formula is C24H21FN4O2S2. The Labute approximate surface area is 200 Å². The SMILES string of the molecule is COC(=O)c1c(NC(=S)Nc2cnn(Cc3ccccc3F)c2)sc(C)c1-c1ccccc1. The molecule has 0 bridgehead atoms. The van der Waals surface area contributed by atoms with Crippen molar-refractivity contribution in [3.8, 4) is 11.1 Å². The third kappa shape index (κ3) is 5.10. The number of aryl methyl sites for hydroxylation is 1. The largest absolute Gasteiger partial charge is 0.465 e. The van der Waals surface area contributed by atoms with E-state index in [0.717, 1.165) is 16.0 Å². The first-order chi connectivity index (χ1) is 16.0. The number of ether oxygens (including phenoxy) is 1. The lowest BCUT2D eigenvalue weighted by molar-refractivity contribution is 0.0603. The lowest BCUT2D eigenvalue weighted by atomic mass is 10.0. The van der Waals surface area contributed by atoms with Gasteiger partial charge in [0.25, 0.3) is 0 Å². The van der Waals surface area contributed by atoms with Gasteiger partial charge in [-0.15, -0.1) is 11.3 Å². The molecule has 0 atom stereocenters. The second-order valence-corrected chi connectivity index (χ2v) is 8.83. The smallest absolute Gasteiger partial charge is 0.341 e. The summed E-state index contributed by atoms with van der Waals surface area (Å²) in [6.45, 7) is 2.25. The van der Waals surface area contributed by atoms with Crippen molar-refractivity contribution >= 4 is 45.3 Å². The van der Waals surface area contributed by atoms with Gasteiger partial charge in [0.15, 0.2) is 5.11 Å². The van der Waals surface area contributed by atoms with E-state index in [9.17, 15) is 9.18 Å². The van der Waals surface area contributed by atoms with Gasteiger partial charge in [-0.25, -0.2) is 9.18 Å². The fourth-order valence-electron chi connectivity index (χ4n) is 3.46. The Bertz CT molecular complexity index is 1300. The van der Waals surface area contributed by atoms with Crippen LogP contribution in [0.5, 0.6) is 0 Å². The first kappa shape index (κ1) is 22.6. The second-order valence-electron chi connectivity index (χ2n) is 7.19. The molecule has 2 aromatic heterocycles. The maximum atomic E-state index is 13.9. The summed E-state index contributed by atoms with van der Waals surface area (Å²) in [4.78, 5) is 13.6. The minimum Gasteiger partial charge on any atom is -0.465 e. The number of anilines is 2. The first-order valence-corrected chi connectivity index (χ1v) is 11.3. The molecule has 9 heteroatoms. The van der Waals surface area contributed by atoms with Gasteiger partial charge in [0, 0.05) is 22.2 Å². The Morgan fingerprint density at radius 3 is 2.61 bits per heavy atom. The topological polar surface area (TPSA) is 68.2 Å². The van der Waals surface area contributed by atoms with Gasteiger partial charge in [-0.1, -0.05) is 48.5 Å². The summed E-state index contributed by atoms with van der Waals surface area (Å²) in [7, 11) is 1.36. The van der Waals surface area contributed by atoms with Crippen molar-refractivity contribution in [2.24, 2.45) is 0 Å². The molecule has 0 radical (unpaired) electrons. The van der Waals surface area contributed by atoms with Gasteiger partial charge >= 0.3 is 5.97 Å². The lowest BCUT2D eigenvalue weighted by Gasteiger charge is -2.10. The summed E-state index contributed by atoms with van der Waals surface area (Å²) in [6.07, 6.45) is 3.34.